The van der Waals surface area contributed by atoms with Crippen LogP contribution in [0.1, 0.15) is 12.0 Å². The molecule has 2 rings (SSSR count). The van der Waals surface area contributed by atoms with E-state index in [0.717, 1.165) is 23.1 Å². The molecule has 1 atom stereocenters. The number of alkyl halides is 3. The van der Waals surface area contributed by atoms with Crippen LogP contribution in [-0.2, 0) is 20.0 Å². The van der Waals surface area contributed by atoms with Gasteiger partial charge in [0.05, 0.1) is 5.56 Å². The molecule has 1 aliphatic rings. The number of halogens is 5. The second kappa shape index (κ2) is 5.33. The van der Waals surface area contributed by atoms with Crippen LogP contribution in [0.15, 0.2) is 18.2 Å². The SMILES string of the molecule is O=C1CC(S(=O)(=O)Cl)CN1c1cc(Cl)cc(C(F)(F)F)c1. The predicted octanol–water partition coefficient (Wildman–Crippen LogP) is 3.03. The van der Waals surface area contributed by atoms with Gasteiger partial charge in [0.1, 0.15) is 5.25 Å². The van der Waals surface area contributed by atoms with Crippen LogP contribution < -0.4 is 4.90 Å². The standard InChI is InChI=1S/C11H8Cl2F3NO3S/c12-7-1-6(11(14,15)16)2-8(3-7)17-5-9(4-10(17)18)21(13,19)20/h1-3,9H,4-5H2. The van der Waals surface area contributed by atoms with E-state index in [1.54, 1.807) is 0 Å². The van der Waals surface area contributed by atoms with E-state index in [0.29, 0.717) is 0 Å². The fraction of sp³-hybridized carbons (Fsp3) is 0.364. The summed E-state index contributed by atoms with van der Waals surface area (Å²) in [6, 6.07) is 2.63. The summed E-state index contributed by atoms with van der Waals surface area (Å²) in [5.74, 6) is -0.625. The van der Waals surface area contributed by atoms with E-state index in [4.69, 9.17) is 22.3 Å². The number of anilines is 1. The smallest absolute Gasteiger partial charge is 0.311 e. The molecule has 1 amide bonds. The van der Waals surface area contributed by atoms with E-state index in [2.05, 4.69) is 0 Å². The van der Waals surface area contributed by atoms with Gasteiger partial charge < -0.3 is 4.90 Å². The van der Waals surface area contributed by atoms with Crippen LogP contribution in [0.25, 0.3) is 0 Å². The molecule has 1 heterocycles. The fourth-order valence-corrected chi connectivity index (χ4v) is 3.26. The van der Waals surface area contributed by atoms with E-state index in [1.165, 1.54) is 0 Å². The van der Waals surface area contributed by atoms with Crippen molar-refractivity contribution in [3.8, 4) is 0 Å². The van der Waals surface area contributed by atoms with Gasteiger partial charge in [-0.1, -0.05) is 11.6 Å². The van der Waals surface area contributed by atoms with Gasteiger partial charge in [-0.3, -0.25) is 4.79 Å². The lowest BCUT2D eigenvalue weighted by atomic mass is 10.2. The maximum absolute atomic E-state index is 12.7. The highest BCUT2D eigenvalue weighted by atomic mass is 35.7. The van der Waals surface area contributed by atoms with Crippen molar-refractivity contribution in [2.45, 2.75) is 17.8 Å². The van der Waals surface area contributed by atoms with E-state index in [-0.39, 0.29) is 23.7 Å². The largest absolute Gasteiger partial charge is 0.416 e. The van der Waals surface area contributed by atoms with Gasteiger partial charge in [0.25, 0.3) is 0 Å². The Kier molecular flexibility index (Phi) is 4.16. The first-order valence-electron chi connectivity index (χ1n) is 5.60. The Balaban J connectivity index is 2.39. The Hall–Kier alpha value is -0.990. The van der Waals surface area contributed by atoms with Gasteiger partial charge >= 0.3 is 6.18 Å². The molecule has 10 heteroatoms. The second-order valence-corrected chi connectivity index (χ2v) is 7.85. The van der Waals surface area contributed by atoms with E-state index in [9.17, 15) is 26.4 Å². The third kappa shape index (κ3) is 3.61. The lowest BCUT2D eigenvalue weighted by molar-refractivity contribution is -0.137. The minimum Gasteiger partial charge on any atom is -0.311 e. The molecule has 0 spiro atoms. The molecule has 0 bridgehead atoms. The zero-order valence-corrected chi connectivity index (χ0v) is 12.5. The summed E-state index contributed by atoms with van der Waals surface area (Å²) in [6.07, 6.45) is -5.00. The first-order valence-corrected chi connectivity index (χ1v) is 8.35. The quantitative estimate of drug-likeness (QED) is 0.760. The van der Waals surface area contributed by atoms with E-state index in [1.807, 2.05) is 0 Å². The van der Waals surface area contributed by atoms with Gasteiger partial charge in [0.2, 0.25) is 15.0 Å². The number of rotatable bonds is 2. The Morgan fingerprint density at radius 3 is 2.33 bits per heavy atom. The minimum absolute atomic E-state index is 0.109. The van der Waals surface area contributed by atoms with Crippen LogP contribution in [0, 0.1) is 0 Å². The zero-order chi connectivity index (χ0) is 16.0. The minimum atomic E-state index is -4.62. The summed E-state index contributed by atoms with van der Waals surface area (Å²) in [4.78, 5) is 12.7. The van der Waals surface area contributed by atoms with Gasteiger partial charge in [-0.15, -0.1) is 0 Å². The maximum atomic E-state index is 12.7. The molecule has 1 aromatic rings. The van der Waals surface area contributed by atoms with Crippen molar-refractivity contribution in [1.29, 1.82) is 0 Å². The molecule has 1 aliphatic heterocycles. The number of carbonyl (C=O) groups excluding carboxylic acids is 1. The van der Waals surface area contributed by atoms with Gasteiger partial charge in [0, 0.05) is 34.4 Å². The number of nitrogens with zero attached hydrogens (tertiary/aromatic N) is 1. The highest BCUT2D eigenvalue weighted by molar-refractivity contribution is 8.14. The van der Waals surface area contributed by atoms with Crippen LogP contribution in [0.5, 0.6) is 0 Å². The average Bonchev–Trinajstić information content (AvgIpc) is 2.69. The topological polar surface area (TPSA) is 54.5 Å². The van der Waals surface area contributed by atoms with Crippen LogP contribution in [0.4, 0.5) is 18.9 Å². The van der Waals surface area contributed by atoms with Crippen LogP contribution >= 0.6 is 22.3 Å². The van der Waals surface area contributed by atoms with Crippen molar-refractivity contribution in [2.24, 2.45) is 0 Å². The molecule has 4 nitrogen and oxygen atoms in total. The predicted molar refractivity (Wildman–Crippen MR) is 72.0 cm³/mol. The van der Waals surface area contributed by atoms with Crippen molar-refractivity contribution < 1.29 is 26.4 Å². The van der Waals surface area contributed by atoms with Crippen molar-refractivity contribution in [3.63, 3.8) is 0 Å². The third-order valence-electron chi connectivity index (χ3n) is 3.01. The summed E-state index contributed by atoms with van der Waals surface area (Å²) in [7, 11) is 1.21. The van der Waals surface area contributed by atoms with E-state index < -0.39 is 31.9 Å². The Bertz CT molecular complexity index is 690. The number of carbonyl (C=O) groups is 1. The number of hydrogen-bond acceptors (Lipinski definition) is 3. The molecule has 21 heavy (non-hydrogen) atoms. The molecule has 0 radical (unpaired) electrons. The lowest BCUT2D eigenvalue weighted by Crippen LogP contribution is -2.27. The molecule has 116 valence electrons. The third-order valence-corrected chi connectivity index (χ3v) is 5.10. The lowest BCUT2D eigenvalue weighted by Gasteiger charge is -2.18. The van der Waals surface area contributed by atoms with Crippen molar-refractivity contribution >= 4 is 42.9 Å². The van der Waals surface area contributed by atoms with Crippen molar-refractivity contribution in [1.82, 2.24) is 0 Å². The van der Waals surface area contributed by atoms with Gasteiger partial charge in [0.15, 0.2) is 0 Å². The summed E-state index contributed by atoms with van der Waals surface area (Å²) in [5.41, 5.74) is -1.13. The highest BCUT2D eigenvalue weighted by Gasteiger charge is 2.39. The molecular weight excluding hydrogens is 354 g/mol. The summed E-state index contributed by atoms with van der Waals surface area (Å²) in [5, 5.41) is -1.36. The zero-order valence-electron chi connectivity index (χ0n) is 10.2. The Labute approximate surface area is 127 Å². The average molecular weight is 362 g/mol. The van der Waals surface area contributed by atoms with Gasteiger partial charge in [-0.05, 0) is 18.2 Å². The molecule has 1 saturated heterocycles. The molecule has 0 saturated carbocycles. The molecule has 1 fully saturated rings. The van der Waals surface area contributed by atoms with Crippen LogP contribution in [0.3, 0.4) is 0 Å². The monoisotopic (exact) mass is 361 g/mol. The molecule has 0 N–H and O–H groups in total. The Morgan fingerprint density at radius 2 is 1.86 bits per heavy atom. The molecule has 0 aromatic heterocycles. The number of benzene rings is 1. The maximum Gasteiger partial charge on any atom is 0.416 e. The Morgan fingerprint density at radius 1 is 1.24 bits per heavy atom. The second-order valence-electron chi connectivity index (χ2n) is 4.50. The number of amides is 1. The summed E-state index contributed by atoms with van der Waals surface area (Å²) < 4.78 is 60.6. The van der Waals surface area contributed by atoms with Crippen molar-refractivity contribution in [3.05, 3.63) is 28.8 Å². The molecular formula is C11H8Cl2F3NO3S. The first kappa shape index (κ1) is 16.4. The van der Waals surface area contributed by atoms with Crippen molar-refractivity contribution in [2.75, 3.05) is 11.4 Å². The summed E-state index contributed by atoms with van der Waals surface area (Å²) >= 11 is 5.63. The van der Waals surface area contributed by atoms with Gasteiger partial charge in [-0.25, -0.2) is 8.42 Å². The first-order chi connectivity index (χ1) is 9.48. The van der Waals surface area contributed by atoms with Crippen LogP contribution in [0.2, 0.25) is 5.02 Å². The fourth-order valence-electron chi connectivity index (χ4n) is 2.01. The van der Waals surface area contributed by atoms with E-state index >= 15 is 0 Å². The number of hydrogen-bond donors (Lipinski definition) is 0. The molecule has 1 unspecified atom stereocenters. The highest BCUT2D eigenvalue weighted by Crippen LogP contribution is 2.36. The van der Waals surface area contributed by atoms with Gasteiger partial charge in [-0.2, -0.15) is 13.2 Å². The summed E-state index contributed by atoms with van der Waals surface area (Å²) in [6.45, 7) is -0.303. The molecule has 0 aliphatic carbocycles. The normalized spacial score (nSPS) is 20.1. The molecule has 1 aromatic carbocycles. The van der Waals surface area contributed by atoms with Crippen LogP contribution in [-0.4, -0.2) is 26.1 Å².